The van der Waals surface area contributed by atoms with Crippen LogP contribution >= 0.6 is 11.3 Å². The van der Waals surface area contributed by atoms with Gasteiger partial charge in [0.05, 0.1) is 34.9 Å². The maximum Gasteiger partial charge on any atom is 0.332 e. The Labute approximate surface area is 252 Å². The Bertz CT molecular complexity index is 1750. The number of fused-ring (bicyclic) bond motifs is 1. The second-order valence-corrected chi connectivity index (χ2v) is 12.1. The van der Waals surface area contributed by atoms with Crippen molar-refractivity contribution >= 4 is 49.3 Å². The van der Waals surface area contributed by atoms with E-state index in [1.54, 1.807) is 37.4 Å². The highest BCUT2D eigenvalue weighted by Crippen LogP contribution is 2.32. The molecular formula is C29H31N5O7S2. The molecule has 43 heavy (non-hydrogen) atoms. The summed E-state index contributed by atoms with van der Waals surface area (Å²) < 4.78 is 41.3. The largest absolute Gasteiger partial charge is 0.497 e. The highest BCUT2D eigenvalue weighted by Gasteiger charge is 2.26. The van der Waals surface area contributed by atoms with E-state index in [4.69, 9.17) is 20.2 Å². The van der Waals surface area contributed by atoms with E-state index in [9.17, 15) is 18.0 Å². The van der Waals surface area contributed by atoms with Gasteiger partial charge < -0.3 is 25.4 Å². The first-order chi connectivity index (χ1) is 20.6. The molecule has 0 bridgehead atoms. The Morgan fingerprint density at radius 2 is 1.81 bits per heavy atom. The third-order valence-corrected chi connectivity index (χ3v) is 8.74. The summed E-state index contributed by atoms with van der Waals surface area (Å²) in [7, 11) is -1.04. The third-order valence-electron chi connectivity index (χ3n) is 6.14. The number of nitrogens with one attached hydrogen (secondary N) is 2. The molecule has 1 atom stereocenters. The van der Waals surface area contributed by atoms with Gasteiger partial charge in [0.15, 0.2) is 5.84 Å². The molecule has 1 amide bonds. The van der Waals surface area contributed by atoms with Crippen LogP contribution in [0.15, 0.2) is 76.8 Å². The van der Waals surface area contributed by atoms with Gasteiger partial charge in [-0.05, 0) is 54.4 Å². The van der Waals surface area contributed by atoms with Crippen molar-refractivity contribution in [2.75, 3.05) is 27.4 Å². The predicted octanol–water partition coefficient (Wildman–Crippen LogP) is 3.13. The SMILES string of the molecule is COCCNC(=O)c1cccc(S(=O)(=O)NC(Cc2cccc(C(N)=NOC(C)=O)c2)c2nc3ccc(OC)cc3s2)c1. The average molecular weight is 626 g/mol. The second kappa shape index (κ2) is 14.2. The lowest BCUT2D eigenvalue weighted by atomic mass is 10.0. The van der Waals surface area contributed by atoms with Gasteiger partial charge in [0, 0.05) is 31.7 Å². The summed E-state index contributed by atoms with van der Waals surface area (Å²) in [6.07, 6.45) is 0.196. The number of rotatable bonds is 13. The minimum absolute atomic E-state index is 0.0122. The van der Waals surface area contributed by atoms with Gasteiger partial charge in [-0.3, -0.25) is 4.79 Å². The number of amides is 1. The number of hydrogen-bond acceptors (Lipinski definition) is 10. The number of hydrogen-bond donors (Lipinski definition) is 3. The zero-order valence-corrected chi connectivity index (χ0v) is 25.3. The van der Waals surface area contributed by atoms with E-state index < -0.39 is 27.9 Å². The standard InChI is InChI=1S/C29H31N5O7S2/c1-18(35)41-33-27(30)20-7-4-6-19(14-20)15-25(29-32-24-11-10-22(40-3)17-26(24)42-29)34-43(37,38)23-9-5-8-21(16-23)28(36)31-12-13-39-2/h4-11,14,16-17,25,34H,12-13,15H2,1-3H3,(H2,30,33)(H,31,36). The Morgan fingerprint density at radius 1 is 1.05 bits per heavy atom. The van der Waals surface area contributed by atoms with Gasteiger partial charge in [0.1, 0.15) is 10.8 Å². The van der Waals surface area contributed by atoms with Gasteiger partial charge in [-0.2, -0.15) is 0 Å². The lowest BCUT2D eigenvalue weighted by molar-refractivity contribution is -0.140. The number of benzene rings is 3. The van der Waals surface area contributed by atoms with E-state index in [1.165, 1.54) is 49.6 Å². The Kier molecular flexibility index (Phi) is 10.4. The van der Waals surface area contributed by atoms with Crippen LogP contribution in [0.25, 0.3) is 10.2 Å². The molecule has 0 spiro atoms. The number of sulfonamides is 1. The van der Waals surface area contributed by atoms with Crippen molar-refractivity contribution < 1.29 is 32.3 Å². The van der Waals surface area contributed by atoms with Gasteiger partial charge in [-0.25, -0.2) is 22.9 Å². The van der Waals surface area contributed by atoms with E-state index >= 15 is 0 Å². The van der Waals surface area contributed by atoms with E-state index in [0.717, 1.165) is 4.70 Å². The molecule has 1 heterocycles. The average Bonchev–Trinajstić information content (AvgIpc) is 3.43. The molecular weight excluding hydrogens is 594 g/mol. The molecule has 0 saturated heterocycles. The quantitative estimate of drug-likeness (QED) is 0.0664. The van der Waals surface area contributed by atoms with Gasteiger partial charge in [-0.15, -0.1) is 11.3 Å². The summed E-state index contributed by atoms with van der Waals surface area (Å²) in [6.45, 7) is 1.81. The second-order valence-electron chi connectivity index (χ2n) is 9.30. The van der Waals surface area contributed by atoms with Gasteiger partial charge in [-0.1, -0.05) is 29.4 Å². The fraction of sp³-hybridized carbons (Fsp3) is 0.241. The van der Waals surface area contributed by atoms with Crippen LogP contribution in [0.5, 0.6) is 5.75 Å². The highest BCUT2D eigenvalue weighted by atomic mass is 32.2. The predicted molar refractivity (Wildman–Crippen MR) is 163 cm³/mol. The number of ether oxygens (including phenoxy) is 2. The summed E-state index contributed by atoms with van der Waals surface area (Å²) in [5.41, 5.74) is 8.07. The summed E-state index contributed by atoms with van der Waals surface area (Å²) in [5, 5.41) is 6.84. The van der Waals surface area contributed by atoms with Crippen LogP contribution < -0.4 is 20.5 Å². The van der Waals surface area contributed by atoms with E-state index in [1.807, 2.05) is 12.1 Å². The molecule has 4 aromatic rings. The van der Waals surface area contributed by atoms with E-state index in [-0.39, 0.29) is 29.3 Å². The van der Waals surface area contributed by atoms with Crippen LogP contribution in [-0.2, 0) is 30.8 Å². The van der Waals surface area contributed by atoms with Crippen molar-refractivity contribution in [2.45, 2.75) is 24.3 Å². The number of amidine groups is 1. The van der Waals surface area contributed by atoms with Crippen LogP contribution in [-0.4, -0.2) is 58.5 Å². The zero-order chi connectivity index (χ0) is 31.0. The molecule has 1 unspecified atom stereocenters. The molecule has 0 saturated carbocycles. The molecule has 0 aliphatic carbocycles. The van der Waals surface area contributed by atoms with Crippen LogP contribution in [0.1, 0.15) is 39.5 Å². The highest BCUT2D eigenvalue weighted by molar-refractivity contribution is 7.89. The number of aromatic nitrogens is 1. The minimum Gasteiger partial charge on any atom is -0.497 e. The van der Waals surface area contributed by atoms with Crippen molar-refractivity contribution in [2.24, 2.45) is 10.9 Å². The fourth-order valence-electron chi connectivity index (χ4n) is 4.07. The number of thiazole rings is 1. The van der Waals surface area contributed by atoms with E-state index in [0.29, 0.717) is 34.0 Å². The molecule has 0 fully saturated rings. The van der Waals surface area contributed by atoms with Crippen LogP contribution in [0.3, 0.4) is 0 Å². The monoisotopic (exact) mass is 625 g/mol. The maximum atomic E-state index is 13.7. The summed E-state index contributed by atoms with van der Waals surface area (Å²) in [4.78, 5) is 33.0. The molecule has 0 aliphatic heterocycles. The molecule has 1 aromatic heterocycles. The Balaban J connectivity index is 1.68. The van der Waals surface area contributed by atoms with Gasteiger partial charge in [0.2, 0.25) is 10.0 Å². The molecule has 0 aliphatic rings. The van der Waals surface area contributed by atoms with Crippen molar-refractivity contribution in [3.8, 4) is 5.75 Å². The Hall–Kier alpha value is -4.37. The summed E-state index contributed by atoms with van der Waals surface area (Å²) >= 11 is 1.33. The molecule has 226 valence electrons. The molecule has 3 aromatic carbocycles. The molecule has 4 rings (SSSR count). The lowest BCUT2D eigenvalue weighted by Crippen LogP contribution is -2.31. The number of oxime groups is 1. The summed E-state index contributed by atoms with van der Waals surface area (Å²) in [6, 6.07) is 17.4. The fourth-order valence-corrected chi connectivity index (χ4v) is 6.43. The number of methoxy groups -OCH3 is 2. The normalized spacial score (nSPS) is 12.6. The Morgan fingerprint density at radius 3 is 2.56 bits per heavy atom. The van der Waals surface area contributed by atoms with E-state index in [2.05, 4.69) is 20.0 Å². The van der Waals surface area contributed by atoms with Crippen LogP contribution in [0.4, 0.5) is 0 Å². The van der Waals surface area contributed by atoms with Crippen molar-refractivity contribution in [3.05, 3.63) is 88.4 Å². The van der Waals surface area contributed by atoms with Crippen molar-refractivity contribution in [1.82, 2.24) is 15.0 Å². The van der Waals surface area contributed by atoms with Crippen molar-refractivity contribution in [3.63, 3.8) is 0 Å². The number of carbonyl (C=O) groups is 2. The van der Waals surface area contributed by atoms with Crippen molar-refractivity contribution in [1.29, 1.82) is 0 Å². The van der Waals surface area contributed by atoms with Gasteiger partial charge >= 0.3 is 5.97 Å². The molecule has 12 nitrogen and oxygen atoms in total. The molecule has 0 radical (unpaired) electrons. The first-order valence-electron chi connectivity index (χ1n) is 13.0. The molecule has 4 N–H and O–H groups in total. The zero-order valence-electron chi connectivity index (χ0n) is 23.7. The number of nitrogens with two attached hydrogens (primary N) is 1. The first-order valence-corrected chi connectivity index (χ1v) is 15.3. The van der Waals surface area contributed by atoms with Gasteiger partial charge in [0.25, 0.3) is 5.91 Å². The van der Waals surface area contributed by atoms with Crippen LogP contribution in [0.2, 0.25) is 0 Å². The minimum atomic E-state index is -4.12. The lowest BCUT2D eigenvalue weighted by Gasteiger charge is -2.18. The maximum absolute atomic E-state index is 13.7. The van der Waals surface area contributed by atoms with Crippen LogP contribution in [0, 0.1) is 0 Å². The smallest absolute Gasteiger partial charge is 0.332 e. The molecule has 14 heteroatoms. The third kappa shape index (κ3) is 8.35. The number of carbonyl (C=O) groups excluding carboxylic acids is 2. The first kappa shape index (κ1) is 31.6. The topological polar surface area (TPSA) is 171 Å². The number of nitrogens with zero attached hydrogens (tertiary/aromatic N) is 2. The summed E-state index contributed by atoms with van der Waals surface area (Å²) in [5.74, 6) is -0.398.